The minimum absolute atomic E-state index is 0.134. The van der Waals surface area contributed by atoms with Crippen LogP contribution in [0.2, 0.25) is 0 Å². The average molecular weight is 360 g/mol. The number of Topliss-reactive ketones (excluding diaryl/α,β-unsaturated/α-hetero) is 1. The van der Waals surface area contributed by atoms with Gasteiger partial charge in [-0.25, -0.2) is 9.18 Å². The number of nitrogens with one attached hydrogen (secondary N) is 1. The normalized spacial score (nSPS) is 17.7. The summed E-state index contributed by atoms with van der Waals surface area (Å²) in [7, 11) is 1.25. The molecule has 3 N–H and O–H groups in total. The molecule has 1 unspecified atom stereocenters. The van der Waals surface area contributed by atoms with E-state index in [9.17, 15) is 14.0 Å². The highest BCUT2D eigenvalue weighted by Gasteiger charge is 2.37. The Kier molecular flexibility index (Phi) is 4.34. The van der Waals surface area contributed by atoms with E-state index < -0.39 is 11.9 Å². The summed E-state index contributed by atoms with van der Waals surface area (Å²) in [5, 5.41) is 5.35. The van der Waals surface area contributed by atoms with Crippen molar-refractivity contribution < 1.29 is 18.7 Å². The Labute approximate surface area is 148 Å². The maximum atomic E-state index is 13.8. The highest BCUT2D eigenvalue weighted by atomic mass is 32.1. The predicted molar refractivity (Wildman–Crippen MR) is 94.3 cm³/mol. The van der Waals surface area contributed by atoms with E-state index in [1.165, 1.54) is 37.5 Å². The van der Waals surface area contributed by atoms with Crippen molar-refractivity contribution in [3.05, 3.63) is 57.6 Å². The lowest BCUT2D eigenvalue weighted by atomic mass is 9.80. The number of carbonyl (C=O) groups excluding carboxylic acids is 2. The Morgan fingerprint density at radius 2 is 2.04 bits per heavy atom. The summed E-state index contributed by atoms with van der Waals surface area (Å²) in [5.74, 6) is -1.78. The number of ketones is 1. The molecule has 0 spiro atoms. The highest BCUT2D eigenvalue weighted by molar-refractivity contribution is 7.17. The van der Waals surface area contributed by atoms with Gasteiger partial charge in [0.05, 0.1) is 18.6 Å². The SMILES string of the molecule is COC(=O)C1=C(N)NC(C)=C(C(C)=O)C1c1csc2ccc(F)cc12. The molecule has 1 aliphatic heterocycles. The van der Waals surface area contributed by atoms with E-state index in [-0.39, 0.29) is 23.0 Å². The van der Waals surface area contributed by atoms with E-state index in [1.807, 2.05) is 5.38 Å². The first-order chi connectivity index (χ1) is 11.8. The maximum Gasteiger partial charge on any atom is 0.338 e. The molecule has 1 aliphatic rings. The summed E-state index contributed by atoms with van der Waals surface area (Å²) >= 11 is 1.42. The molecule has 1 atom stereocenters. The fraction of sp³-hybridized carbons (Fsp3) is 0.222. The van der Waals surface area contributed by atoms with E-state index in [0.717, 1.165) is 4.70 Å². The van der Waals surface area contributed by atoms with Crippen LogP contribution in [0.3, 0.4) is 0 Å². The Balaban J connectivity index is 2.32. The molecule has 25 heavy (non-hydrogen) atoms. The summed E-state index contributed by atoms with van der Waals surface area (Å²) in [4.78, 5) is 24.7. The summed E-state index contributed by atoms with van der Waals surface area (Å²) < 4.78 is 19.5. The van der Waals surface area contributed by atoms with Crippen molar-refractivity contribution in [3.8, 4) is 0 Å². The van der Waals surface area contributed by atoms with Crippen molar-refractivity contribution >= 4 is 33.2 Å². The van der Waals surface area contributed by atoms with Gasteiger partial charge in [-0.1, -0.05) is 0 Å². The van der Waals surface area contributed by atoms with Gasteiger partial charge in [0, 0.05) is 16.0 Å². The number of ether oxygens (including phenoxy) is 1. The zero-order valence-corrected chi connectivity index (χ0v) is 14.8. The molecule has 0 fully saturated rings. The van der Waals surface area contributed by atoms with Crippen LogP contribution in [0.15, 0.2) is 46.2 Å². The first-order valence-electron chi connectivity index (χ1n) is 7.58. The summed E-state index contributed by atoms with van der Waals surface area (Å²) in [6, 6.07) is 4.46. The summed E-state index contributed by atoms with van der Waals surface area (Å²) in [5.41, 5.74) is 7.83. The van der Waals surface area contributed by atoms with Crippen molar-refractivity contribution in [2.75, 3.05) is 7.11 Å². The van der Waals surface area contributed by atoms with Crippen LogP contribution < -0.4 is 11.1 Å². The molecule has 2 heterocycles. The molecule has 0 aliphatic carbocycles. The minimum Gasteiger partial charge on any atom is -0.466 e. The number of esters is 1. The van der Waals surface area contributed by atoms with Gasteiger partial charge in [-0.3, -0.25) is 4.79 Å². The molecular weight excluding hydrogens is 343 g/mol. The molecule has 5 nitrogen and oxygen atoms in total. The number of nitrogens with two attached hydrogens (primary N) is 1. The van der Waals surface area contributed by atoms with Gasteiger partial charge in [0.15, 0.2) is 5.78 Å². The van der Waals surface area contributed by atoms with E-state index in [0.29, 0.717) is 22.2 Å². The van der Waals surface area contributed by atoms with Crippen LogP contribution in [-0.4, -0.2) is 18.9 Å². The fourth-order valence-electron chi connectivity index (χ4n) is 3.21. The topological polar surface area (TPSA) is 81.4 Å². The Morgan fingerprint density at radius 1 is 1.32 bits per heavy atom. The molecule has 0 radical (unpaired) electrons. The lowest BCUT2D eigenvalue weighted by Crippen LogP contribution is -2.35. The number of dihydropyridines is 1. The fourth-order valence-corrected chi connectivity index (χ4v) is 4.18. The van der Waals surface area contributed by atoms with Gasteiger partial charge < -0.3 is 15.8 Å². The molecule has 3 rings (SSSR count). The average Bonchev–Trinajstić information content (AvgIpc) is 2.95. The second-order valence-electron chi connectivity index (χ2n) is 5.80. The van der Waals surface area contributed by atoms with Gasteiger partial charge in [-0.2, -0.15) is 0 Å². The van der Waals surface area contributed by atoms with Crippen LogP contribution in [-0.2, 0) is 14.3 Å². The number of rotatable bonds is 3. The monoisotopic (exact) mass is 360 g/mol. The summed E-state index contributed by atoms with van der Waals surface area (Å²) in [6.07, 6.45) is 0. The van der Waals surface area contributed by atoms with Crippen LogP contribution in [0, 0.1) is 5.82 Å². The molecule has 7 heteroatoms. The van der Waals surface area contributed by atoms with E-state index in [4.69, 9.17) is 10.5 Å². The van der Waals surface area contributed by atoms with Crippen molar-refractivity contribution in [2.24, 2.45) is 5.73 Å². The van der Waals surface area contributed by atoms with E-state index in [1.54, 1.807) is 13.0 Å². The molecule has 0 saturated heterocycles. The van der Waals surface area contributed by atoms with Gasteiger partial charge in [-0.05, 0) is 48.4 Å². The number of hydrogen-bond donors (Lipinski definition) is 2. The number of allylic oxidation sites excluding steroid dienone is 2. The highest BCUT2D eigenvalue weighted by Crippen LogP contribution is 2.43. The lowest BCUT2D eigenvalue weighted by Gasteiger charge is -2.29. The third kappa shape index (κ3) is 2.80. The molecule has 0 amide bonds. The van der Waals surface area contributed by atoms with Crippen LogP contribution in [0.4, 0.5) is 4.39 Å². The van der Waals surface area contributed by atoms with E-state index >= 15 is 0 Å². The predicted octanol–water partition coefficient (Wildman–Crippen LogP) is 2.93. The second-order valence-corrected chi connectivity index (χ2v) is 6.71. The number of methoxy groups -OCH3 is 1. The first-order valence-corrected chi connectivity index (χ1v) is 8.46. The number of halogens is 1. The number of carbonyl (C=O) groups is 2. The molecular formula is C18H17FN2O3S. The zero-order valence-electron chi connectivity index (χ0n) is 14.0. The quantitative estimate of drug-likeness (QED) is 0.823. The molecule has 2 aromatic rings. The van der Waals surface area contributed by atoms with Crippen molar-refractivity contribution in [2.45, 2.75) is 19.8 Å². The van der Waals surface area contributed by atoms with Crippen molar-refractivity contribution in [3.63, 3.8) is 0 Å². The largest absolute Gasteiger partial charge is 0.466 e. The number of fused-ring (bicyclic) bond motifs is 1. The van der Waals surface area contributed by atoms with Gasteiger partial charge in [0.1, 0.15) is 11.6 Å². The third-order valence-electron chi connectivity index (χ3n) is 4.25. The maximum absolute atomic E-state index is 13.8. The smallest absolute Gasteiger partial charge is 0.338 e. The van der Waals surface area contributed by atoms with Gasteiger partial charge >= 0.3 is 5.97 Å². The second kappa shape index (κ2) is 6.33. The molecule has 130 valence electrons. The molecule has 1 aromatic heterocycles. The van der Waals surface area contributed by atoms with Gasteiger partial charge in [-0.15, -0.1) is 11.3 Å². The zero-order chi connectivity index (χ0) is 18.3. The third-order valence-corrected chi connectivity index (χ3v) is 5.24. The Hall–Kier alpha value is -2.67. The minimum atomic E-state index is -0.707. The van der Waals surface area contributed by atoms with E-state index in [2.05, 4.69) is 5.32 Å². The van der Waals surface area contributed by atoms with Gasteiger partial charge in [0.25, 0.3) is 0 Å². The molecule has 0 bridgehead atoms. The number of hydrogen-bond acceptors (Lipinski definition) is 6. The molecule has 0 saturated carbocycles. The Bertz CT molecular complexity index is 958. The standard InChI is InChI=1S/C18H17FN2O3S/c1-8-14(9(2)22)15(16(17(20)21-8)18(23)24-3)12-7-25-13-5-4-10(19)6-11(12)13/h4-7,15,21H,20H2,1-3H3. The van der Waals surface area contributed by atoms with Crippen LogP contribution in [0.25, 0.3) is 10.1 Å². The van der Waals surface area contributed by atoms with Crippen molar-refractivity contribution in [1.29, 1.82) is 0 Å². The van der Waals surface area contributed by atoms with Gasteiger partial charge in [0.2, 0.25) is 0 Å². The van der Waals surface area contributed by atoms with Crippen LogP contribution >= 0.6 is 11.3 Å². The number of benzene rings is 1. The van der Waals surface area contributed by atoms with Crippen LogP contribution in [0.1, 0.15) is 25.3 Å². The number of thiophene rings is 1. The lowest BCUT2D eigenvalue weighted by molar-refractivity contribution is -0.136. The molecule has 1 aromatic carbocycles. The summed E-state index contributed by atoms with van der Waals surface area (Å²) in [6.45, 7) is 3.15. The van der Waals surface area contributed by atoms with Crippen LogP contribution in [0.5, 0.6) is 0 Å². The Morgan fingerprint density at radius 3 is 2.68 bits per heavy atom. The van der Waals surface area contributed by atoms with Crippen molar-refractivity contribution in [1.82, 2.24) is 5.32 Å². The first kappa shape index (κ1) is 17.2.